The first-order valence-corrected chi connectivity index (χ1v) is 13.4. The smallest absolute Gasteiger partial charge is 0.254 e. The van der Waals surface area contributed by atoms with E-state index in [1.165, 1.54) is 5.56 Å². The molecule has 0 aliphatic carbocycles. The van der Waals surface area contributed by atoms with Gasteiger partial charge in [0.15, 0.2) is 5.82 Å². The summed E-state index contributed by atoms with van der Waals surface area (Å²) in [6.07, 6.45) is 4.32. The van der Waals surface area contributed by atoms with Gasteiger partial charge in [0, 0.05) is 43.6 Å². The number of hydrogen-bond acceptors (Lipinski definition) is 5. The second kappa shape index (κ2) is 10.6. The molecule has 192 valence electrons. The Balaban J connectivity index is 1.03. The minimum atomic E-state index is -0.0692. The number of carbonyl (C=O) groups is 2. The number of piperidine rings is 1. The van der Waals surface area contributed by atoms with Gasteiger partial charge in [0.25, 0.3) is 5.91 Å². The second-order valence-corrected chi connectivity index (χ2v) is 10.2. The van der Waals surface area contributed by atoms with Crippen LogP contribution in [0.2, 0.25) is 0 Å². The van der Waals surface area contributed by atoms with Crippen molar-refractivity contribution < 1.29 is 9.59 Å². The summed E-state index contributed by atoms with van der Waals surface area (Å²) in [5, 5.41) is 13.3. The number of anilines is 2. The van der Waals surface area contributed by atoms with Gasteiger partial charge >= 0.3 is 0 Å². The maximum absolute atomic E-state index is 13.3. The van der Waals surface area contributed by atoms with Gasteiger partial charge in [0.05, 0.1) is 5.92 Å². The lowest BCUT2D eigenvalue weighted by molar-refractivity contribution is -0.119. The number of carbonyl (C=O) groups excluding carboxylic acids is 2. The predicted octanol–water partition coefficient (Wildman–Crippen LogP) is 5.11. The normalized spacial score (nSPS) is 18.1. The minimum absolute atomic E-state index is 0.0457. The van der Waals surface area contributed by atoms with Crippen molar-refractivity contribution in [1.82, 2.24) is 15.1 Å². The summed E-state index contributed by atoms with van der Waals surface area (Å²) >= 11 is 0. The van der Waals surface area contributed by atoms with Crippen LogP contribution in [0.1, 0.15) is 41.1 Å². The third kappa shape index (κ3) is 4.96. The Bertz CT molecular complexity index is 1430. The van der Waals surface area contributed by atoms with Gasteiger partial charge in [-0.1, -0.05) is 48.5 Å². The average Bonchev–Trinajstić information content (AvgIpc) is 3.48. The fraction of sp³-hybridized carbons (Fsp3) is 0.290. The Morgan fingerprint density at radius 2 is 1.61 bits per heavy atom. The Morgan fingerprint density at radius 1 is 0.816 bits per heavy atom. The molecule has 0 bridgehead atoms. The van der Waals surface area contributed by atoms with E-state index in [0.29, 0.717) is 12.5 Å². The first-order valence-electron chi connectivity index (χ1n) is 13.4. The molecule has 1 N–H and O–H groups in total. The summed E-state index contributed by atoms with van der Waals surface area (Å²) < 4.78 is 0. The minimum Gasteiger partial charge on any atom is -0.354 e. The molecule has 2 aliphatic heterocycles. The molecule has 1 aromatic heterocycles. The summed E-state index contributed by atoms with van der Waals surface area (Å²) in [7, 11) is 0. The molecule has 1 atom stereocenters. The maximum Gasteiger partial charge on any atom is 0.254 e. The highest BCUT2D eigenvalue weighted by molar-refractivity contribution is 6.07. The lowest BCUT2D eigenvalue weighted by Crippen LogP contribution is -2.38. The Hall–Kier alpha value is -4.26. The number of amides is 2. The highest BCUT2D eigenvalue weighted by Gasteiger charge is 2.29. The molecule has 2 fully saturated rings. The first-order chi connectivity index (χ1) is 18.7. The summed E-state index contributed by atoms with van der Waals surface area (Å²) in [5.74, 6) is 1.32. The zero-order valence-electron chi connectivity index (χ0n) is 21.3. The molecule has 2 aliphatic rings. The van der Waals surface area contributed by atoms with Crippen LogP contribution in [-0.4, -0.2) is 53.1 Å². The highest BCUT2D eigenvalue weighted by atomic mass is 16.2. The van der Waals surface area contributed by atoms with Gasteiger partial charge in [0.2, 0.25) is 5.91 Å². The van der Waals surface area contributed by atoms with Crippen LogP contribution in [0, 0.1) is 5.92 Å². The lowest BCUT2D eigenvalue weighted by Gasteiger charge is -2.32. The fourth-order valence-corrected chi connectivity index (χ4v) is 5.73. The average molecular weight is 506 g/mol. The molecule has 7 heteroatoms. The molecule has 3 aromatic carbocycles. The number of nitrogens with one attached hydrogen (secondary N) is 1. The maximum atomic E-state index is 13.3. The Kier molecular flexibility index (Phi) is 6.73. The van der Waals surface area contributed by atoms with Crippen molar-refractivity contribution in [3.63, 3.8) is 0 Å². The van der Waals surface area contributed by atoms with Crippen molar-refractivity contribution in [2.24, 2.45) is 5.92 Å². The predicted molar refractivity (Wildman–Crippen MR) is 149 cm³/mol. The van der Waals surface area contributed by atoms with E-state index in [0.717, 1.165) is 66.7 Å². The van der Waals surface area contributed by atoms with Crippen molar-refractivity contribution in [2.75, 3.05) is 36.4 Å². The van der Waals surface area contributed by atoms with Crippen molar-refractivity contribution in [2.45, 2.75) is 25.2 Å². The first kappa shape index (κ1) is 24.1. The van der Waals surface area contributed by atoms with Crippen LogP contribution < -0.4 is 10.2 Å². The number of fused-ring (bicyclic) bond motifs is 1. The van der Waals surface area contributed by atoms with E-state index < -0.39 is 0 Å². The molecule has 4 aromatic rings. The largest absolute Gasteiger partial charge is 0.354 e. The molecular weight excluding hydrogens is 474 g/mol. The summed E-state index contributed by atoms with van der Waals surface area (Å²) in [6, 6.07) is 26.0. The SMILES string of the molecule is O=C(Nc1ccc(C2CCN(C(=O)c3cccc4ccccc34)CC2)cc1)[C@H]1CCN(c2cccnn2)C1. The van der Waals surface area contributed by atoms with Crippen molar-refractivity contribution in [3.8, 4) is 0 Å². The van der Waals surface area contributed by atoms with E-state index in [1.54, 1.807) is 6.20 Å². The summed E-state index contributed by atoms with van der Waals surface area (Å²) in [5.41, 5.74) is 2.86. The molecule has 6 rings (SSSR count). The van der Waals surface area contributed by atoms with Crippen LogP contribution in [0.5, 0.6) is 0 Å². The van der Waals surface area contributed by atoms with E-state index in [-0.39, 0.29) is 17.7 Å². The molecule has 3 heterocycles. The number of aromatic nitrogens is 2. The number of benzene rings is 3. The van der Waals surface area contributed by atoms with E-state index in [1.807, 2.05) is 71.6 Å². The Labute approximate surface area is 222 Å². The summed E-state index contributed by atoms with van der Waals surface area (Å²) in [4.78, 5) is 30.2. The van der Waals surface area contributed by atoms with Crippen LogP contribution in [0.4, 0.5) is 11.5 Å². The molecule has 0 spiro atoms. The van der Waals surface area contributed by atoms with Crippen LogP contribution >= 0.6 is 0 Å². The molecule has 38 heavy (non-hydrogen) atoms. The molecular formula is C31H31N5O2. The van der Waals surface area contributed by atoms with Gasteiger partial charge in [-0.2, -0.15) is 5.10 Å². The highest BCUT2D eigenvalue weighted by Crippen LogP contribution is 2.31. The van der Waals surface area contributed by atoms with Crippen molar-refractivity contribution in [1.29, 1.82) is 0 Å². The fourth-order valence-electron chi connectivity index (χ4n) is 5.73. The van der Waals surface area contributed by atoms with Gasteiger partial charge in [-0.15, -0.1) is 5.10 Å². The molecule has 0 saturated carbocycles. The lowest BCUT2D eigenvalue weighted by atomic mass is 9.89. The topological polar surface area (TPSA) is 78.4 Å². The van der Waals surface area contributed by atoms with Crippen LogP contribution in [-0.2, 0) is 4.79 Å². The van der Waals surface area contributed by atoms with Gasteiger partial charge in [-0.3, -0.25) is 9.59 Å². The van der Waals surface area contributed by atoms with E-state index >= 15 is 0 Å². The van der Waals surface area contributed by atoms with Crippen molar-refractivity contribution >= 4 is 34.1 Å². The molecule has 2 saturated heterocycles. The molecule has 0 radical (unpaired) electrons. The van der Waals surface area contributed by atoms with Gasteiger partial charge < -0.3 is 15.1 Å². The number of hydrogen-bond donors (Lipinski definition) is 1. The zero-order valence-corrected chi connectivity index (χ0v) is 21.3. The third-order valence-electron chi connectivity index (χ3n) is 7.89. The van der Waals surface area contributed by atoms with Gasteiger partial charge in [-0.05, 0) is 71.8 Å². The number of rotatable bonds is 5. The summed E-state index contributed by atoms with van der Waals surface area (Å²) in [6.45, 7) is 2.94. The quantitative estimate of drug-likeness (QED) is 0.408. The van der Waals surface area contributed by atoms with E-state index in [4.69, 9.17) is 0 Å². The van der Waals surface area contributed by atoms with Gasteiger partial charge in [0.1, 0.15) is 0 Å². The third-order valence-corrected chi connectivity index (χ3v) is 7.89. The number of likely N-dealkylation sites (tertiary alicyclic amines) is 1. The van der Waals surface area contributed by atoms with Crippen LogP contribution in [0.15, 0.2) is 85.1 Å². The Morgan fingerprint density at radius 3 is 2.39 bits per heavy atom. The standard InChI is InChI=1S/C31H31N5O2/c37-30(25-16-20-36(21-25)29-9-4-17-32-34-29)33-26-12-10-22(11-13-26)23-14-18-35(19-15-23)31(38)28-8-3-6-24-5-1-2-7-27(24)28/h1-13,17,23,25H,14-16,18-21H2,(H,33,37)/t25-/m0/s1. The zero-order chi connectivity index (χ0) is 25.9. The monoisotopic (exact) mass is 505 g/mol. The number of nitrogens with zero attached hydrogens (tertiary/aromatic N) is 4. The van der Waals surface area contributed by atoms with E-state index in [9.17, 15) is 9.59 Å². The van der Waals surface area contributed by atoms with Crippen molar-refractivity contribution in [3.05, 3.63) is 96.2 Å². The molecule has 2 amide bonds. The molecule has 0 unspecified atom stereocenters. The second-order valence-electron chi connectivity index (χ2n) is 10.2. The van der Waals surface area contributed by atoms with Gasteiger partial charge in [-0.25, -0.2) is 0 Å². The van der Waals surface area contributed by atoms with E-state index in [2.05, 4.69) is 32.5 Å². The van der Waals surface area contributed by atoms with Crippen LogP contribution in [0.25, 0.3) is 10.8 Å². The molecule has 7 nitrogen and oxygen atoms in total. The van der Waals surface area contributed by atoms with Crippen LogP contribution in [0.3, 0.4) is 0 Å².